The molecule has 10 heteroatoms. The normalized spacial score (nSPS) is 12.7. The van der Waals surface area contributed by atoms with E-state index in [4.69, 9.17) is 16.3 Å². The number of sulfonamides is 1. The Bertz CT molecular complexity index is 1450. The highest BCUT2D eigenvalue weighted by molar-refractivity contribution is 7.92. The van der Waals surface area contributed by atoms with E-state index < -0.39 is 28.5 Å². The Labute approximate surface area is 248 Å². The minimum atomic E-state index is -3.96. The highest BCUT2D eigenvalue weighted by atomic mass is 35.5. The molecule has 3 aromatic carbocycles. The number of methoxy groups -OCH3 is 1. The van der Waals surface area contributed by atoms with Crippen molar-refractivity contribution in [3.63, 3.8) is 0 Å². The molecule has 1 N–H and O–H groups in total. The van der Waals surface area contributed by atoms with Crippen LogP contribution in [0.4, 0.5) is 5.69 Å². The van der Waals surface area contributed by atoms with Crippen molar-refractivity contribution in [3.05, 3.63) is 94.5 Å². The quantitative estimate of drug-likeness (QED) is 0.299. The van der Waals surface area contributed by atoms with Crippen LogP contribution in [0.3, 0.4) is 0 Å². The summed E-state index contributed by atoms with van der Waals surface area (Å²) in [4.78, 5) is 29.5. The van der Waals surface area contributed by atoms with E-state index in [0.717, 1.165) is 27.3 Å². The summed E-state index contributed by atoms with van der Waals surface area (Å²) in [7, 11) is -2.55. The fourth-order valence-corrected chi connectivity index (χ4v) is 5.43. The number of hydrogen-bond acceptors (Lipinski definition) is 5. The lowest BCUT2D eigenvalue weighted by Gasteiger charge is -2.34. The topological polar surface area (TPSA) is 96.0 Å². The molecule has 2 amide bonds. The largest absolute Gasteiger partial charge is 0.495 e. The molecule has 0 bridgehead atoms. The number of carbonyl (C=O) groups excluding carboxylic acids is 2. The molecule has 41 heavy (non-hydrogen) atoms. The Morgan fingerprint density at radius 3 is 2.29 bits per heavy atom. The molecule has 0 heterocycles. The van der Waals surface area contributed by atoms with Crippen LogP contribution in [0.1, 0.15) is 37.0 Å². The molecule has 0 aliphatic heterocycles. The maximum absolute atomic E-state index is 14.2. The molecule has 0 unspecified atom stereocenters. The first kappa shape index (κ1) is 32.0. The van der Waals surface area contributed by atoms with Gasteiger partial charge in [-0.3, -0.25) is 13.9 Å². The Hall–Kier alpha value is -3.56. The van der Waals surface area contributed by atoms with Crippen LogP contribution in [0, 0.1) is 6.92 Å². The van der Waals surface area contributed by atoms with E-state index in [-0.39, 0.29) is 41.4 Å². The van der Waals surface area contributed by atoms with Crippen LogP contribution < -0.4 is 14.4 Å². The fourth-order valence-electron chi connectivity index (χ4n) is 4.42. The van der Waals surface area contributed by atoms with Gasteiger partial charge < -0.3 is 15.0 Å². The Balaban J connectivity index is 2.11. The number of benzene rings is 3. The van der Waals surface area contributed by atoms with E-state index in [1.807, 2.05) is 75.4 Å². The number of nitrogens with one attached hydrogen (secondary N) is 1. The van der Waals surface area contributed by atoms with Crippen molar-refractivity contribution in [3.8, 4) is 5.75 Å². The van der Waals surface area contributed by atoms with E-state index in [1.165, 1.54) is 18.1 Å². The van der Waals surface area contributed by atoms with Gasteiger partial charge in [-0.1, -0.05) is 73.1 Å². The minimum absolute atomic E-state index is 0.112. The number of nitrogens with zero attached hydrogens (tertiary/aromatic N) is 2. The number of ether oxygens (including phenoxy) is 1. The maximum atomic E-state index is 14.2. The number of anilines is 1. The number of aryl methyl sites for hydroxylation is 1. The van der Waals surface area contributed by atoms with E-state index in [1.54, 1.807) is 12.1 Å². The molecular weight excluding hydrogens is 562 g/mol. The Kier molecular flexibility index (Phi) is 11.2. The van der Waals surface area contributed by atoms with E-state index in [9.17, 15) is 18.0 Å². The SMILES string of the molecule is CC[C@H](C)NC(=O)[C@H](Cc1ccccc1)N(Cc1ccccc1C)C(=O)CN(c1cc(Cl)ccc1OC)S(C)(=O)=O. The van der Waals surface area contributed by atoms with Crippen LogP contribution in [0.15, 0.2) is 72.8 Å². The second-order valence-electron chi connectivity index (χ2n) is 10.1. The van der Waals surface area contributed by atoms with Gasteiger partial charge in [-0.25, -0.2) is 8.42 Å². The van der Waals surface area contributed by atoms with Gasteiger partial charge in [0.15, 0.2) is 0 Å². The second-order valence-corrected chi connectivity index (χ2v) is 12.4. The summed E-state index contributed by atoms with van der Waals surface area (Å²) in [5.41, 5.74) is 2.80. The van der Waals surface area contributed by atoms with Gasteiger partial charge in [-0.15, -0.1) is 0 Å². The van der Waals surface area contributed by atoms with Crippen molar-refractivity contribution in [2.75, 3.05) is 24.2 Å². The van der Waals surface area contributed by atoms with Gasteiger partial charge >= 0.3 is 0 Å². The van der Waals surface area contributed by atoms with Crippen molar-refractivity contribution in [2.45, 2.75) is 52.2 Å². The first-order chi connectivity index (χ1) is 19.4. The summed E-state index contributed by atoms with van der Waals surface area (Å²) in [6.07, 6.45) is 1.98. The van der Waals surface area contributed by atoms with E-state index >= 15 is 0 Å². The monoisotopic (exact) mass is 599 g/mol. The van der Waals surface area contributed by atoms with E-state index in [0.29, 0.717) is 6.42 Å². The molecule has 0 spiro atoms. The number of halogens is 1. The summed E-state index contributed by atoms with van der Waals surface area (Å²) < 4.78 is 32.4. The molecule has 0 aliphatic carbocycles. The van der Waals surface area contributed by atoms with Crippen LogP contribution >= 0.6 is 11.6 Å². The number of rotatable bonds is 13. The zero-order valence-corrected chi connectivity index (χ0v) is 25.7. The molecule has 220 valence electrons. The summed E-state index contributed by atoms with van der Waals surface area (Å²) in [5, 5.41) is 3.31. The third-order valence-corrected chi connectivity index (χ3v) is 8.32. The number of hydrogen-bond donors (Lipinski definition) is 1. The summed E-state index contributed by atoms with van der Waals surface area (Å²) in [6.45, 7) is 5.37. The van der Waals surface area contributed by atoms with Crippen LogP contribution in [-0.4, -0.2) is 57.1 Å². The second kappa shape index (κ2) is 14.4. The van der Waals surface area contributed by atoms with Crippen LogP contribution in [0.2, 0.25) is 5.02 Å². The van der Waals surface area contributed by atoms with Crippen molar-refractivity contribution in [2.24, 2.45) is 0 Å². The van der Waals surface area contributed by atoms with Crippen LogP contribution in [0.5, 0.6) is 5.75 Å². The van der Waals surface area contributed by atoms with Gasteiger partial charge in [0.2, 0.25) is 21.8 Å². The summed E-state index contributed by atoms with van der Waals surface area (Å²) >= 11 is 6.21. The van der Waals surface area contributed by atoms with Gasteiger partial charge in [0.25, 0.3) is 0 Å². The lowest BCUT2D eigenvalue weighted by molar-refractivity contribution is -0.140. The van der Waals surface area contributed by atoms with Crippen molar-refractivity contribution < 1.29 is 22.7 Å². The molecule has 0 saturated heterocycles. The molecule has 3 rings (SSSR count). The highest BCUT2D eigenvalue weighted by Gasteiger charge is 2.34. The smallest absolute Gasteiger partial charge is 0.244 e. The molecule has 0 aromatic heterocycles. The highest BCUT2D eigenvalue weighted by Crippen LogP contribution is 2.33. The van der Waals surface area contributed by atoms with Gasteiger partial charge in [0.1, 0.15) is 18.3 Å². The first-order valence-electron chi connectivity index (χ1n) is 13.4. The van der Waals surface area contributed by atoms with Crippen LogP contribution in [-0.2, 0) is 32.6 Å². The predicted molar refractivity (Wildman–Crippen MR) is 164 cm³/mol. The zero-order valence-electron chi connectivity index (χ0n) is 24.1. The Morgan fingerprint density at radius 1 is 1.02 bits per heavy atom. The maximum Gasteiger partial charge on any atom is 0.244 e. The lowest BCUT2D eigenvalue weighted by atomic mass is 10.0. The van der Waals surface area contributed by atoms with Gasteiger partial charge in [0, 0.05) is 24.0 Å². The summed E-state index contributed by atoms with van der Waals surface area (Å²) in [6, 6.07) is 20.6. The molecule has 0 radical (unpaired) electrons. The molecule has 0 aliphatic rings. The number of amides is 2. The number of carbonyl (C=O) groups is 2. The molecular formula is C31H38ClN3O5S. The average Bonchev–Trinajstić information content (AvgIpc) is 2.94. The predicted octanol–water partition coefficient (Wildman–Crippen LogP) is 4.98. The average molecular weight is 600 g/mol. The third kappa shape index (κ3) is 8.71. The first-order valence-corrected chi connectivity index (χ1v) is 15.7. The van der Waals surface area contributed by atoms with E-state index in [2.05, 4.69) is 5.32 Å². The van der Waals surface area contributed by atoms with Gasteiger partial charge in [-0.2, -0.15) is 0 Å². The van der Waals surface area contributed by atoms with Gasteiger partial charge in [0.05, 0.1) is 19.1 Å². The molecule has 3 aromatic rings. The zero-order chi connectivity index (χ0) is 30.2. The van der Waals surface area contributed by atoms with Gasteiger partial charge in [-0.05, 0) is 55.2 Å². The minimum Gasteiger partial charge on any atom is -0.495 e. The lowest BCUT2D eigenvalue weighted by Crippen LogP contribution is -2.54. The summed E-state index contributed by atoms with van der Waals surface area (Å²) in [5.74, 6) is -0.606. The Morgan fingerprint density at radius 2 is 1.68 bits per heavy atom. The molecule has 0 fully saturated rings. The molecule has 0 saturated carbocycles. The molecule has 8 nitrogen and oxygen atoms in total. The third-order valence-electron chi connectivity index (χ3n) is 6.96. The fraction of sp³-hybridized carbons (Fsp3) is 0.355. The molecule has 2 atom stereocenters. The van der Waals surface area contributed by atoms with Crippen molar-refractivity contribution in [1.29, 1.82) is 0 Å². The van der Waals surface area contributed by atoms with Crippen molar-refractivity contribution >= 4 is 39.1 Å². The van der Waals surface area contributed by atoms with Crippen molar-refractivity contribution in [1.82, 2.24) is 10.2 Å². The van der Waals surface area contributed by atoms with Crippen LogP contribution in [0.25, 0.3) is 0 Å². The standard InChI is InChI=1S/C31H38ClN3O5S/c1-6-23(3)33-31(37)28(18-24-13-8-7-9-14-24)34(20-25-15-11-10-12-22(25)2)30(36)21-35(41(5,38)39)27-19-26(32)16-17-29(27)40-4/h7-17,19,23,28H,6,18,20-21H2,1-5H3,(H,33,37)/t23-,28-/m0/s1.